The van der Waals surface area contributed by atoms with Gasteiger partial charge in [-0.1, -0.05) is 35.9 Å². The minimum absolute atomic E-state index is 0.0182. The number of aryl methyl sites for hydroxylation is 1. The molecular formula is C30H28ClN5O3. The molecule has 0 bridgehead atoms. The van der Waals surface area contributed by atoms with Crippen molar-refractivity contribution in [2.75, 3.05) is 5.32 Å². The number of nitriles is 1. The van der Waals surface area contributed by atoms with Gasteiger partial charge < -0.3 is 5.32 Å². The van der Waals surface area contributed by atoms with E-state index >= 15 is 0 Å². The largest absolute Gasteiger partial charge is 0.331 e. The zero-order valence-corrected chi connectivity index (χ0v) is 22.3. The van der Waals surface area contributed by atoms with Crippen molar-refractivity contribution in [3.8, 4) is 6.07 Å². The summed E-state index contributed by atoms with van der Waals surface area (Å²) in [7, 11) is 0. The Balaban J connectivity index is 1.42. The lowest BCUT2D eigenvalue weighted by atomic mass is 9.81. The van der Waals surface area contributed by atoms with E-state index < -0.39 is 5.69 Å². The van der Waals surface area contributed by atoms with Gasteiger partial charge in [0.25, 0.3) is 5.56 Å². The minimum atomic E-state index is -0.417. The van der Waals surface area contributed by atoms with Gasteiger partial charge in [-0.2, -0.15) is 5.26 Å². The average molecular weight is 542 g/mol. The third-order valence-corrected chi connectivity index (χ3v) is 7.92. The predicted octanol–water partition coefficient (Wildman–Crippen LogP) is 4.89. The third-order valence-electron chi connectivity index (χ3n) is 7.61. The molecule has 0 spiro atoms. The highest BCUT2D eigenvalue weighted by molar-refractivity contribution is 6.31. The van der Waals surface area contributed by atoms with Gasteiger partial charge in [-0.3, -0.25) is 23.7 Å². The number of nitrogens with zero attached hydrogens (tertiary/aromatic N) is 4. The van der Waals surface area contributed by atoms with Crippen LogP contribution in [0.1, 0.15) is 42.4 Å². The molecule has 0 saturated heterocycles. The fraction of sp³-hybridized carbons (Fsp3) is 0.300. The van der Waals surface area contributed by atoms with E-state index in [1.165, 1.54) is 4.57 Å². The van der Waals surface area contributed by atoms with Gasteiger partial charge in [0.2, 0.25) is 5.91 Å². The van der Waals surface area contributed by atoms with Crippen LogP contribution in [0.15, 0.2) is 70.5 Å². The van der Waals surface area contributed by atoms with Crippen LogP contribution in [-0.4, -0.2) is 20.0 Å². The second-order valence-electron chi connectivity index (χ2n) is 10.1. The number of carbonyl (C=O) groups excluding carboxylic acids is 1. The molecule has 198 valence electrons. The maximum absolute atomic E-state index is 13.8. The molecule has 0 atom stereocenters. The van der Waals surface area contributed by atoms with Gasteiger partial charge in [0.1, 0.15) is 6.07 Å². The number of hydrogen-bond donors (Lipinski definition) is 1. The standard InChI is InChI=1S/C30H28ClN5O3/c1-19-4-2-7-26-27(19)29(38)36(30(39)35(26)18-22-5-3-6-25(31)24(22)16-32)17-20-8-10-21(11-9-20)28(37)34-23-12-14-33-15-13-23/h2-7,12-15,20-21H,8-11,17-18H2,1H3,(H,33,34,37). The number of aromatic nitrogens is 3. The van der Waals surface area contributed by atoms with Crippen molar-refractivity contribution >= 4 is 34.1 Å². The van der Waals surface area contributed by atoms with Gasteiger partial charge in [-0.25, -0.2) is 4.79 Å². The van der Waals surface area contributed by atoms with Crippen LogP contribution in [0.4, 0.5) is 5.69 Å². The molecule has 1 saturated carbocycles. The molecule has 8 nitrogen and oxygen atoms in total. The van der Waals surface area contributed by atoms with Gasteiger partial charge in [-0.15, -0.1) is 0 Å². The number of carbonyl (C=O) groups is 1. The van der Waals surface area contributed by atoms with Crippen molar-refractivity contribution in [3.63, 3.8) is 0 Å². The summed E-state index contributed by atoms with van der Waals surface area (Å²) in [5, 5.41) is 13.4. The Morgan fingerprint density at radius 1 is 1.05 bits per heavy atom. The zero-order valence-electron chi connectivity index (χ0n) is 21.6. The number of amides is 1. The molecule has 2 aromatic heterocycles. The Kier molecular flexibility index (Phi) is 7.62. The van der Waals surface area contributed by atoms with Crippen LogP contribution in [0.5, 0.6) is 0 Å². The highest BCUT2D eigenvalue weighted by Gasteiger charge is 2.28. The van der Waals surface area contributed by atoms with Crippen molar-refractivity contribution in [2.24, 2.45) is 11.8 Å². The van der Waals surface area contributed by atoms with E-state index in [9.17, 15) is 19.6 Å². The van der Waals surface area contributed by atoms with E-state index in [0.717, 1.165) is 24.1 Å². The maximum Gasteiger partial charge on any atom is 0.331 e. The summed E-state index contributed by atoms with van der Waals surface area (Å²) in [6.07, 6.45) is 6.11. The molecule has 1 N–H and O–H groups in total. The van der Waals surface area contributed by atoms with Crippen LogP contribution in [0.2, 0.25) is 5.02 Å². The number of benzene rings is 2. The second kappa shape index (κ2) is 11.3. The molecule has 0 aliphatic heterocycles. The number of anilines is 1. The summed E-state index contributed by atoms with van der Waals surface area (Å²) >= 11 is 6.25. The topological polar surface area (TPSA) is 110 Å². The van der Waals surface area contributed by atoms with E-state index in [2.05, 4.69) is 16.4 Å². The zero-order chi connectivity index (χ0) is 27.5. The summed E-state index contributed by atoms with van der Waals surface area (Å²) in [5.41, 5.74) is 2.22. The van der Waals surface area contributed by atoms with Gasteiger partial charge in [0.05, 0.1) is 28.0 Å². The van der Waals surface area contributed by atoms with Crippen molar-refractivity contribution in [1.82, 2.24) is 14.1 Å². The lowest BCUT2D eigenvalue weighted by Gasteiger charge is -2.28. The fourth-order valence-electron chi connectivity index (χ4n) is 5.48. The van der Waals surface area contributed by atoms with E-state index in [1.54, 1.807) is 53.4 Å². The lowest BCUT2D eigenvalue weighted by Crippen LogP contribution is -2.42. The fourth-order valence-corrected chi connectivity index (χ4v) is 5.72. The SMILES string of the molecule is Cc1cccc2c1c(=O)n(CC1CCC(C(=O)Nc3ccncc3)CC1)c(=O)n2Cc1cccc(Cl)c1C#N. The van der Waals surface area contributed by atoms with Crippen LogP contribution in [0.3, 0.4) is 0 Å². The number of pyridine rings is 1. The summed E-state index contributed by atoms with van der Waals surface area (Å²) in [4.78, 5) is 44.1. The minimum Gasteiger partial charge on any atom is -0.326 e. The normalized spacial score (nSPS) is 17.1. The van der Waals surface area contributed by atoms with E-state index in [0.29, 0.717) is 39.9 Å². The molecule has 0 unspecified atom stereocenters. The Labute approximate surface area is 230 Å². The van der Waals surface area contributed by atoms with Gasteiger partial charge in [0.15, 0.2) is 0 Å². The smallest absolute Gasteiger partial charge is 0.326 e. The first-order valence-corrected chi connectivity index (χ1v) is 13.4. The molecular weight excluding hydrogens is 514 g/mol. The molecule has 39 heavy (non-hydrogen) atoms. The Hall–Kier alpha value is -4.22. The molecule has 1 fully saturated rings. The molecule has 1 amide bonds. The molecule has 9 heteroatoms. The van der Waals surface area contributed by atoms with Crippen LogP contribution in [0, 0.1) is 30.1 Å². The van der Waals surface area contributed by atoms with Crippen LogP contribution < -0.4 is 16.6 Å². The maximum atomic E-state index is 13.8. The van der Waals surface area contributed by atoms with E-state index in [1.807, 2.05) is 19.1 Å². The highest BCUT2D eigenvalue weighted by atomic mass is 35.5. The highest BCUT2D eigenvalue weighted by Crippen LogP contribution is 2.30. The Morgan fingerprint density at radius 2 is 1.77 bits per heavy atom. The summed E-state index contributed by atoms with van der Waals surface area (Å²) < 4.78 is 2.89. The molecule has 0 radical (unpaired) electrons. The van der Waals surface area contributed by atoms with Crippen LogP contribution in [-0.2, 0) is 17.9 Å². The van der Waals surface area contributed by atoms with Crippen molar-refractivity contribution < 1.29 is 4.79 Å². The molecule has 5 rings (SSSR count). The van der Waals surface area contributed by atoms with Gasteiger partial charge in [-0.05, 0) is 73.9 Å². The molecule has 1 aliphatic carbocycles. The van der Waals surface area contributed by atoms with E-state index in [-0.39, 0.29) is 36.4 Å². The number of nitrogens with one attached hydrogen (secondary N) is 1. The van der Waals surface area contributed by atoms with Crippen molar-refractivity contribution in [2.45, 2.75) is 45.7 Å². The van der Waals surface area contributed by atoms with Gasteiger partial charge >= 0.3 is 5.69 Å². The first-order chi connectivity index (χ1) is 18.9. The number of hydrogen-bond acceptors (Lipinski definition) is 5. The third kappa shape index (κ3) is 5.36. The Bertz CT molecular complexity index is 1700. The monoisotopic (exact) mass is 541 g/mol. The predicted molar refractivity (Wildman–Crippen MR) is 151 cm³/mol. The van der Waals surface area contributed by atoms with Crippen molar-refractivity contribution in [1.29, 1.82) is 5.26 Å². The Morgan fingerprint density at radius 3 is 2.49 bits per heavy atom. The van der Waals surface area contributed by atoms with Crippen LogP contribution >= 0.6 is 11.6 Å². The van der Waals surface area contributed by atoms with Gasteiger partial charge in [0, 0.05) is 30.5 Å². The molecule has 2 heterocycles. The first kappa shape index (κ1) is 26.4. The molecule has 4 aromatic rings. The quantitative estimate of drug-likeness (QED) is 0.374. The second-order valence-corrected chi connectivity index (χ2v) is 10.5. The summed E-state index contributed by atoms with van der Waals surface area (Å²) in [6, 6.07) is 16.2. The van der Waals surface area contributed by atoms with Crippen LogP contribution in [0.25, 0.3) is 10.9 Å². The van der Waals surface area contributed by atoms with Crippen molar-refractivity contribution in [3.05, 3.63) is 103 Å². The summed E-state index contributed by atoms with van der Waals surface area (Å²) in [5.74, 6) is -0.0414. The number of rotatable bonds is 6. The summed E-state index contributed by atoms with van der Waals surface area (Å²) in [6.45, 7) is 2.25. The van der Waals surface area contributed by atoms with E-state index in [4.69, 9.17) is 11.6 Å². The molecule has 2 aromatic carbocycles. The first-order valence-electron chi connectivity index (χ1n) is 13.0. The lowest BCUT2D eigenvalue weighted by molar-refractivity contribution is -0.121. The number of halogens is 1. The molecule has 1 aliphatic rings. The average Bonchev–Trinajstić information content (AvgIpc) is 2.94. The number of fused-ring (bicyclic) bond motifs is 1.